The van der Waals surface area contributed by atoms with Gasteiger partial charge in [0.05, 0.1) is 0 Å². The van der Waals surface area contributed by atoms with E-state index < -0.39 is 5.60 Å². The van der Waals surface area contributed by atoms with Gasteiger partial charge in [-0.25, -0.2) is 14.8 Å². The van der Waals surface area contributed by atoms with Crippen LogP contribution < -0.4 is 11.1 Å². The number of nitrogens with two attached hydrogens (primary N) is 1. The number of nitrogens with one attached hydrogen (secondary N) is 1. The summed E-state index contributed by atoms with van der Waals surface area (Å²) in [6.07, 6.45) is 4.85. The van der Waals surface area contributed by atoms with Crippen LogP contribution in [0.25, 0.3) is 11.4 Å². The third kappa shape index (κ3) is 6.51. The van der Waals surface area contributed by atoms with Gasteiger partial charge in [-0.1, -0.05) is 18.2 Å². The van der Waals surface area contributed by atoms with Crippen LogP contribution in [-0.4, -0.2) is 28.2 Å². The van der Waals surface area contributed by atoms with Gasteiger partial charge in [0.25, 0.3) is 0 Å². The summed E-state index contributed by atoms with van der Waals surface area (Å²) in [5.41, 5.74) is 8.23. The second-order valence-electron chi connectivity index (χ2n) is 6.85. The van der Waals surface area contributed by atoms with Crippen molar-refractivity contribution in [3.8, 4) is 11.4 Å². The molecule has 1 heterocycles. The second-order valence-corrected chi connectivity index (χ2v) is 6.85. The molecule has 134 valence electrons. The Bertz CT molecular complexity index is 693. The highest BCUT2D eigenvalue weighted by Gasteiger charge is 2.15. The van der Waals surface area contributed by atoms with Crippen LogP contribution in [0.15, 0.2) is 36.7 Å². The molecule has 1 amide bonds. The zero-order valence-corrected chi connectivity index (χ0v) is 15.1. The Morgan fingerprint density at radius 1 is 1.20 bits per heavy atom. The molecule has 0 aliphatic heterocycles. The maximum Gasteiger partial charge on any atom is 0.407 e. The molecule has 6 heteroatoms. The summed E-state index contributed by atoms with van der Waals surface area (Å²) in [4.78, 5) is 20.4. The van der Waals surface area contributed by atoms with Crippen LogP contribution in [0.4, 0.5) is 4.79 Å². The smallest absolute Gasteiger partial charge is 0.407 e. The van der Waals surface area contributed by atoms with E-state index in [1.165, 1.54) is 0 Å². The van der Waals surface area contributed by atoms with E-state index in [0.717, 1.165) is 29.5 Å². The largest absolute Gasteiger partial charge is 0.444 e. The van der Waals surface area contributed by atoms with Gasteiger partial charge in [0, 0.05) is 31.0 Å². The number of nitrogens with zero attached hydrogens (tertiary/aromatic N) is 2. The molecule has 1 aromatic heterocycles. The normalized spacial score (nSPS) is 11.2. The topological polar surface area (TPSA) is 90.1 Å². The lowest BCUT2D eigenvalue weighted by molar-refractivity contribution is 0.0527. The molecule has 3 N–H and O–H groups in total. The van der Waals surface area contributed by atoms with Gasteiger partial charge < -0.3 is 15.8 Å². The number of carbonyl (C=O) groups excluding carboxylic acids is 1. The van der Waals surface area contributed by atoms with Crippen LogP contribution in [0.2, 0.25) is 0 Å². The number of benzene rings is 1. The molecule has 0 saturated carbocycles. The third-order valence-electron chi connectivity index (χ3n) is 3.44. The molecule has 1 aromatic carbocycles. The summed E-state index contributed by atoms with van der Waals surface area (Å²) in [7, 11) is 0. The number of amides is 1. The molecular formula is C19H26N4O2. The van der Waals surface area contributed by atoms with Crippen LogP contribution in [0, 0.1) is 0 Å². The molecule has 0 saturated heterocycles. The number of carbonyl (C=O) groups is 1. The zero-order valence-electron chi connectivity index (χ0n) is 15.1. The fourth-order valence-electron chi connectivity index (χ4n) is 2.27. The van der Waals surface area contributed by atoms with E-state index in [4.69, 9.17) is 10.5 Å². The van der Waals surface area contributed by atoms with Crippen molar-refractivity contribution >= 4 is 6.09 Å². The van der Waals surface area contributed by atoms with Gasteiger partial charge in [-0.15, -0.1) is 0 Å². The standard InChI is InChI=1S/C19H26N4O2/c1-19(2,3)25-18(24)21-9-5-7-15-12-22-17(23-13-15)16-8-4-6-14(10-16)11-20/h4,6,8,10,12-13H,5,7,9,11,20H2,1-3H3,(H,21,24). The van der Waals surface area contributed by atoms with E-state index in [1.807, 2.05) is 57.4 Å². The Morgan fingerprint density at radius 2 is 1.92 bits per heavy atom. The van der Waals surface area contributed by atoms with E-state index in [2.05, 4.69) is 15.3 Å². The van der Waals surface area contributed by atoms with Crippen molar-refractivity contribution in [1.29, 1.82) is 0 Å². The third-order valence-corrected chi connectivity index (χ3v) is 3.44. The van der Waals surface area contributed by atoms with Gasteiger partial charge in [0.1, 0.15) is 5.60 Å². The molecule has 0 aliphatic carbocycles. The molecule has 2 aromatic rings. The maximum atomic E-state index is 11.6. The minimum atomic E-state index is -0.477. The minimum absolute atomic E-state index is 0.390. The number of hydrogen-bond acceptors (Lipinski definition) is 5. The van der Waals surface area contributed by atoms with E-state index in [0.29, 0.717) is 18.9 Å². The Labute approximate surface area is 148 Å². The lowest BCUT2D eigenvalue weighted by Crippen LogP contribution is -2.33. The van der Waals surface area contributed by atoms with Gasteiger partial charge in [0.15, 0.2) is 5.82 Å². The number of ether oxygens (including phenoxy) is 1. The number of aryl methyl sites for hydroxylation is 1. The summed E-state index contributed by atoms with van der Waals surface area (Å²) in [5.74, 6) is 0.686. The van der Waals surface area contributed by atoms with E-state index in [9.17, 15) is 4.79 Å². The SMILES string of the molecule is CC(C)(C)OC(=O)NCCCc1cnc(-c2cccc(CN)c2)nc1. The lowest BCUT2D eigenvalue weighted by atomic mass is 10.1. The van der Waals surface area contributed by atoms with Crippen LogP contribution in [0.5, 0.6) is 0 Å². The molecule has 0 unspecified atom stereocenters. The van der Waals surface area contributed by atoms with Crippen LogP contribution in [0.1, 0.15) is 38.3 Å². The quantitative estimate of drug-likeness (QED) is 0.788. The van der Waals surface area contributed by atoms with Crippen LogP contribution in [0.3, 0.4) is 0 Å². The highest BCUT2D eigenvalue weighted by Crippen LogP contribution is 2.16. The molecule has 0 atom stereocenters. The lowest BCUT2D eigenvalue weighted by Gasteiger charge is -2.19. The number of aromatic nitrogens is 2. The summed E-state index contributed by atoms with van der Waals surface area (Å²) >= 11 is 0. The first-order valence-electron chi connectivity index (χ1n) is 8.44. The molecular weight excluding hydrogens is 316 g/mol. The summed E-state index contributed by atoms with van der Waals surface area (Å²) in [6.45, 7) is 6.57. The molecule has 25 heavy (non-hydrogen) atoms. The first kappa shape index (κ1) is 18.9. The van der Waals surface area contributed by atoms with Crippen molar-refractivity contribution < 1.29 is 9.53 Å². The Balaban J connectivity index is 1.81. The molecule has 0 radical (unpaired) electrons. The van der Waals surface area contributed by atoms with Crippen molar-refractivity contribution in [2.75, 3.05) is 6.54 Å². The monoisotopic (exact) mass is 342 g/mol. The fourth-order valence-corrected chi connectivity index (χ4v) is 2.27. The summed E-state index contributed by atoms with van der Waals surface area (Å²) < 4.78 is 5.19. The van der Waals surface area contributed by atoms with E-state index in [-0.39, 0.29) is 6.09 Å². The van der Waals surface area contributed by atoms with Gasteiger partial charge in [-0.3, -0.25) is 0 Å². The van der Waals surface area contributed by atoms with Crippen molar-refractivity contribution in [3.63, 3.8) is 0 Å². The van der Waals surface area contributed by atoms with Crippen LogP contribution >= 0.6 is 0 Å². The number of alkyl carbamates (subject to hydrolysis) is 1. The van der Waals surface area contributed by atoms with Crippen molar-refractivity contribution in [2.24, 2.45) is 5.73 Å². The van der Waals surface area contributed by atoms with Gasteiger partial charge in [0.2, 0.25) is 0 Å². The Morgan fingerprint density at radius 3 is 2.56 bits per heavy atom. The zero-order chi connectivity index (χ0) is 18.3. The first-order chi connectivity index (χ1) is 11.9. The minimum Gasteiger partial charge on any atom is -0.444 e. The molecule has 0 fully saturated rings. The molecule has 2 rings (SSSR count). The van der Waals surface area contributed by atoms with Gasteiger partial charge in [-0.2, -0.15) is 0 Å². The Hall–Kier alpha value is -2.47. The number of hydrogen-bond donors (Lipinski definition) is 2. The summed E-state index contributed by atoms with van der Waals surface area (Å²) in [6, 6.07) is 7.91. The van der Waals surface area contributed by atoms with Crippen molar-refractivity contribution in [1.82, 2.24) is 15.3 Å². The molecule has 0 spiro atoms. The molecule has 0 aliphatic rings. The van der Waals surface area contributed by atoms with Gasteiger partial charge in [-0.05, 0) is 50.8 Å². The van der Waals surface area contributed by atoms with Crippen molar-refractivity contribution in [3.05, 3.63) is 47.8 Å². The molecule has 0 bridgehead atoms. The van der Waals surface area contributed by atoms with Crippen LogP contribution in [-0.2, 0) is 17.7 Å². The average molecular weight is 342 g/mol. The fraction of sp³-hybridized carbons (Fsp3) is 0.421. The van der Waals surface area contributed by atoms with E-state index >= 15 is 0 Å². The Kier molecular flexibility index (Phi) is 6.47. The number of rotatable bonds is 6. The first-order valence-corrected chi connectivity index (χ1v) is 8.44. The summed E-state index contributed by atoms with van der Waals surface area (Å²) in [5, 5.41) is 2.75. The second kappa shape index (κ2) is 8.58. The maximum absolute atomic E-state index is 11.6. The molecule has 6 nitrogen and oxygen atoms in total. The highest BCUT2D eigenvalue weighted by molar-refractivity contribution is 5.67. The van der Waals surface area contributed by atoms with Gasteiger partial charge >= 0.3 is 6.09 Å². The predicted molar refractivity (Wildman–Crippen MR) is 97.9 cm³/mol. The van der Waals surface area contributed by atoms with Crippen molar-refractivity contribution in [2.45, 2.75) is 45.8 Å². The average Bonchev–Trinajstić information content (AvgIpc) is 2.58. The predicted octanol–water partition coefficient (Wildman–Crippen LogP) is 3.06. The highest BCUT2D eigenvalue weighted by atomic mass is 16.6. The van der Waals surface area contributed by atoms with E-state index in [1.54, 1.807) is 0 Å².